The molecule has 0 aliphatic carbocycles. The second kappa shape index (κ2) is 6.95. The molecule has 126 valence electrons. The second-order valence-corrected chi connectivity index (χ2v) is 5.26. The highest BCUT2D eigenvalue weighted by molar-refractivity contribution is 5.86. The molecule has 2 aromatic carbocycles. The lowest BCUT2D eigenvalue weighted by Crippen LogP contribution is -2.03. The smallest absolute Gasteiger partial charge is 0.328 e. The van der Waals surface area contributed by atoms with Crippen LogP contribution in [0.4, 0.5) is 0 Å². The summed E-state index contributed by atoms with van der Waals surface area (Å²) < 4.78 is 5.28. The summed E-state index contributed by atoms with van der Waals surface area (Å²) in [4.78, 5) is 10.8. The van der Waals surface area contributed by atoms with E-state index < -0.39 is 5.97 Å². The maximum Gasteiger partial charge on any atom is 0.328 e. The van der Waals surface area contributed by atoms with Crippen molar-refractivity contribution in [1.82, 2.24) is 0 Å². The molecule has 0 heterocycles. The topological polar surface area (TPSA) is 107 Å². The molecule has 0 fully saturated rings. The number of hydrogen-bond acceptors (Lipinski definition) is 5. The molecule has 2 rings (SSSR count). The molecule has 1 unspecified atom stereocenters. The van der Waals surface area contributed by atoms with Crippen LogP contribution in [0.2, 0.25) is 0 Å². The average Bonchev–Trinajstić information content (AvgIpc) is 2.55. The Labute approximate surface area is 138 Å². The van der Waals surface area contributed by atoms with Crippen LogP contribution in [-0.2, 0) is 4.79 Å². The fourth-order valence-corrected chi connectivity index (χ4v) is 2.55. The number of benzene rings is 2. The highest BCUT2D eigenvalue weighted by atomic mass is 16.5. The summed E-state index contributed by atoms with van der Waals surface area (Å²) in [5, 5.41) is 38.0. The van der Waals surface area contributed by atoms with E-state index in [-0.39, 0.29) is 28.9 Å². The number of phenols is 3. The third-order valence-corrected chi connectivity index (χ3v) is 3.75. The maximum absolute atomic E-state index is 10.8. The molecular formula is C18H18O6. The summed E-state index contributed by atoms with van der Waals surface area (Å²) in [5.74, 6) is -1.78. The van der Waals surface area contributed by atoms with Crippen molar-refractivity contribution in [2.75, 3.05) is 7.11 Å². The summed E-state index contributed by atoms with van der Waals surface area (Å²) in [6, 6.07) is 7.42. The Kier molecular flexibility index (Phi) is 4.99. The van der Waals surface area contributed by atoms with Crippen LogP contribution in [0.5, 0.6) is 23.0 Å². The molecular weight excluding hydrogens is 312 g/mol. The van der Waals surface area contributed by atoms with Crippen LogP contribution in [0, 0.1) is 0 Å². The number of carbonyl (C=O) groups is 1. The van der Waals surface area contributed by atoms with Gasteiger partial charge in [-0.15, -0.1) is 0 Å². The van der Waals surface area contributed by atoms with E-state index in [9.17, 15) is 20.1 Å². The number of carboxylic acids is 1. The van der Waals surface area contributed by atoms with Crippen molar-refractivity contribution in [2.24, 2.45) is 0 Å². The summed E-state index contributed by atoms with van der Waals surface area (Å²) in [5.41, 5.74) is 1.80. The molecule has 0 amide bonds. The molecule has 1 atom stereocenters. The first-order valence-electron chi connectivity index (χ1n) is 7.18. The van der Waals surface area contributed by atoms with Gasteiger partial charge >= 0.3 is 5.97 Å². The van der Waals surface area contributed by atoms with Gasteiger partial charge in [-0.3, -0.25) is 0 Å². The van der Waals surface area contributed by atoms with Gasteiger partial charge in [0.2, 0.25) is 0 Å². The first-order valence-corrected chi connectivity index (χ1v) is 7.18. The molecule has 0 aliphatic heterocycles. The largest absolute Gasteiger partial charge is 0.504 e. The van der Waals surface area contributed by atoms with Gasteiger partial charge in [0.15, 0.2) is 23.0 Å². The van der Waals surface area contributed by atoms with Crippen LogP contribution in [0.25, 0.3) is 6.08 Å². The number of methoxy groups -OCH3 is 1. The van der Waals surface area contributed by atoms with E-state index in [2.05, 4.69) is 0 Å². The van der Waals surface area contributed by atoms with E-state index in [4.69, 9.17) is 9.84 Å². The molecule has 24 heavy (non-hydrogen) atoms. The first kappa shape index (κ1) is 17.2. The monoisotopic (exact) mass is 330 g/mol. The van der Waals surface area contributed by atoms with Gasteiger partial charge in [-0.25, -0.2) is 4.79 Å². The lowest BCUT2D eigenvalue weighted by atomic mass is 9.88. The van der Waals surface area contributed by atoms with Crippen LogP contribution in [0.3, 0.4) is 0 Å². The van der Waals surface area contributed by atoms with Crippen molar-refractivity contribution in [2.45, 2.75) is 12.8 Å². The molecule has 2 aromatic rings. The van der Waals surface area contributed by atoms with Crippen molar-refractivity contribution in [3.05, 3.63) is 53.1 Å². The van der Waals surface area contributed by atoms with Crippen LogP contribution in [0.15, 0.2) is 36.4 Å². The molecule has 0 bridgehead atoms. The highest BCUT2D eigenvalue weighted by Crippen LogP contribution is 2.42. The first-order chi connectivity index (χ1) is 11.3. The van der Waals surface area contributed by atoms with Crippen molar-refractivity contribution >= 4 is 12.0 Å². The van der Waals surface area contributed by atoms with Crippen LogP contribution in [0.1, 0.15) is 29.5 Å². The minimum atomic E-state index is -1.09. The molecule has 0 saturated heterocycles. The van der Waals surface area contributed by atoms with E-state index in [1.54, 1.807) is 12.1 Å². The number of aromatic hydroxyl groups is 3. The maximum atomic E-state index is 10.8. The van der Waals surface area contributed by atoms with Crippen molar-refractivity contribution in [3.8, 4) is 23.0 Å². The normalized spacial score (nSPS) is 12.2. The van der Waals surface area contributed by atoms with Gasteiger partial charge in [-0.05, 0) is 35.4 Å². The Morgan fingerprint density at radius 1 is 1.08 bits per heavy atom. The van der Waals surface area contributed by atoms with Gasteiger partial charge in [0.05, 0.1) is 7.11 Å². The van der Waals surface area contributed by atoms with E-state index in [1.807, 2.05) is 6.92 Å². The number of phenolic OH excluding ortho intramolecular Hbond substituents is 3. The van der Waals surface area contributed by atoms with Gasteiger partial charge in [0.25, 0.3) is 0 Å². The Bertz CT molecular complexity index is 794. The van der Waals surface area contributed by atoms with Gasteiger partial charge in [0, 0.05) is 17.6 Å². The minimum absolute atomic E-state index is 0.0742. The quantitative estimate of drug-likeness (QED) is 0.496. The van der Waals surface area contributed by atoms with Gasteiger partial charge in [-0.1, -0.05) is 19.1 Å². The molecule has 6 heteroatoms. The third-order valence-electron chi connectivity index (χ3n) is 3.75. The van der Waals surface area contributed by atoms with Crippen LogP contribution >= 0.6 is 0 Å². The third kappa shape index (κ3) is 3.43. The molecule has 0 spiro atoms. The van der Waals surface area contributed by atoms with Gasteiger partial charge in [0.1, 0.15) is 0 Å². The lowest BCUT2D eigenvalue weighted by molar-refractivity contribution is -0.131. The Morgan fingerprint density at radius 2 is 1.75 bits per heavy atom. The van der Waals surface area contributed by atoms with Crippen LogP contribution in [-0.4, -0.2) is 33.5 Å². The fourth-order valence-electron chi connectivity index (χ4n) is 2.55. The molecule has 6 nitrogen and oxygen atoms in total. The number of ether oxygens (including phenoxy) is 1. The molecule has 0 radical (unpaired) electrons. The summed E-state index contributed by atoms with van der Waals surface area (Å²) in [6.07, 6.45) is 2.41. The van der Waals surface area contributed by atoms with Crippen LogP contribution < -0.4 is 4.74 Å². The molecule has 0 aliphatic rings. The Morgan fingerprint density at radius 3 is 2.33 bits per heavy atom. The molecule has 0 saturated carbocycles. The fraction of sp³-hybridized carbons (Fsp3) is 0.167. The Hall–Kier alpha value is -3.15. The Balaban J connectivity index is 2.62. The van der Waals surface area contributed by atoms with Crippen molar-refractivity contribution < 1.29 is 30.0 Å². The number of carboxylic acid groups (broad SMARTS) is 1. The predicted molar refractivity (Wildman–Crippen MR) is 88.6 cm³/mol. The van der Waals surface area contributed by atoms with E-state index >= 15 is 0 Å². The summed E-state index contributed by atoms with van der Waals surface area (Å²) in [7, 11) is 1.41. The average molecular weight is 330 g/mol. The van der Waals surface area contributed by atoms with Crippen molar-refractivity contribution in [3.63, 3.8) is 0 Å². The van der Waals surface area contributed by atoms with Gasteiger partial charge in [-0.2, -0.15) is 0 Å². The SMILES string of the molecule is COc1c(O)ccc(C=CC(=O)O)c1C(C)c1ccc(O)c(O)c1. The number of aliphatic carboxylic acids is 1. The standard InChI is InChI=1S/C18H18O6/c1-10(12-4-6-13(19)15(21)9-12)17-11(5-8-16(22)23)3-7-14(20)18(17)24-2/h3-10,19-21H,1-2H3,(H,22,23). The van der Waals surface area contributed by atoms with E-state index in [0.29, 0.717) is 16.7 Å². The molecule has 4 N–H and O–H groups in total. The van der Waals surface area contributed by atoms with Gasteiger partial charge < -0.3 is 25.2 Å². The zero-order valence-electron chi connectivity index (χ0n) is 13.2. The second-order valence-electron chi connectivity index (χ2n) is 5.26. The number of rotatable bonds is 5. The van der Waals surface area contributed by atoms with Crippen molar-refractivity contribution in [1.29, 1.82) is 0 Å². The van der Waals surface area contributed by atoms with E-state index in [1.165, 1.54) is 31.4 Å². The lowest BCUT2D eigenvalue weighted by Gasteiger charge is -2.20. The predicted octanol–water partition coefficient (Wildman–Crippen LogP) is 3.06. The minimum Gasteiger partial charge on any atom is -0.504 e. The summed E-state index contributed by atoms with van der Waals surface area (Å²) in [6.45, 7) is 1.82. The van der Waals surface area contributed by atoms with E-state index in [0.717, 1.165) is 6.08 Å². The number of hydrogen-bond donors (Lipinski definition) is 4. The zero-order chi connectivity index (χ0) is 17.9. The summed E-state index contributed by atoms with van der Waals surface area (Å²) >= 11 is 0. The zero-order valence-corrected chi connectivity index (χ0v) is 13.2. The highest BCUT2D eigenvalue weighted by Gasteiger charge is 2.21. The molecule has 0 aromatic heterocycles.